The number of hydrogen-bond acceptors (Lipinski definition) is 5. The standard InChI is InChI=1S/C16H25N3.2CH2O2/c1-16(2)6-3-15(13-16)19-11-9-18(10-12-19)14-4-7-17-8-5-14;2*2-1-3/h4-5,7-8,15H,3,6,9-13H2,1-2H3;2*1H,(H,2,3). The van der Waals surface area contributed by atoms with Gasteiger partial charge in [-0.25, -0.2) is 0 Å². The molecule has 1 saturated heterocycles. The molecule has 2 fully saturated rings. The summed E-state index contributed by atoms with van der Waals surface area (Å²) >= 11 is 0. The monoisotopic (exact) mass is 351 g/mol. The van der Waals surface area contributed by atoms with Crippen molar-refractivity contribution in [2.24, 2.45) is 5.41 Å². The minimum Gasteiger partial charge on any atom is -0.483 e. The molecule has 1 aliphatic heterocycles. The van der Waals surface area contributed by atoms with E-state index in [0.29, 0.717) is 5.41 Å². The molecule has 0 spiro atoms. The first kappa shape index (κ1) is 20.9. The van der Waals surface area contributed by atoms with Gasteiger partial charge in [-0.1, -0.05) is 13.8 Å². The quantitative estimate of drug-likeness (QED) is 0.789. The number of nitrogens with zero attached hydrogens (tertiary/aromatic N) is 3. The van der Waals surface area contributed by atoms with Gasteiger partial charge in [0.2, 0.25) is 0 Å². The van der Waals surface area contributed by atoms with Gasteiger partial charge < -0.3 is 15.1 Å². The number of pyridine rings is 1. The molecule has 1 atom stereocenters. The van der Waals surface area contributed by atoms with Gasteiger partial charge in [-0.05, 0) is 36.8 Å². The van der Waals surface area contributed by atoms with Crippen molar-refractivity contribution in [3.05, 3.63) is 24.5 Å². The molecule has 1 saturated carbocycles. The van der Waals surface area contributed by atoms with Gasteiger partial charge in [-0.3, -0.25) is 19.5 Å². The Kier molecular flexibility index (Phi) is 8.91. The lowest BCUT2D eigenvalue weighted by molar-refractivity contribution is -0.123. The van der Waals surface area contributed by atoms with Crippen LogP contribution in [0.2, 0.25) is 0 Å². The second-order valence-electron chi connectivity index (χ2n) is 7.00. The second kappa shape index (κ2) is 10.7. The molecule has 1 aromatic rings. The third-order valence-corrected chi connectivity index (χ3v) is 4.80. The molecular weight excluding hydrogens is 322 g/mol. The molecule has 1 aromatic heterocycles. The number of piperazine rings is 1. The van der Waals surface area contributed by atoms with E-state index in [4.69, 9.17) is 19.8 Å². The molecule has 140 valence electrons. The maximum Gasteiger partial charge on any atom is 0.290 e. The van der Waals surface area contributed by atoms with Crippen LogP contribution in [0.5, 0.6) is 0 Å². The van der Waals surface area contributed by atoms with E-state index in [0.717, 1.165) is 19.1 Å². The van der Waals surface area contributed by atoms with Crippen molar-refractivity contribution in [3.63, 3.8) is 0 Å². The van der Waals surface area contributed by atoms with Crippen LogP contribution < -0.4 is 4.90 Å². The van der Waals surface area contributed by atoms with Crippen molar-refractivity contribution in [2.75, 3.05) is 31.1 Å². The Morgan fingerprint density at radius 3 is 2.04 bits per heavy atom. The number of rotatable bonds is 2. The highest BCUT2D eigenvalue weighted by molar-refractivity contribution is 5.45. The molecule has 0 radical (unpaired) electrons. The minimum atomic E-state index is -0.250. The van der Waals surface area contributed by atoms with E-state index in [-0.39, 0.29) is 12.9 Å². The van der Waals surface area contributed by atoms with Crippen molar-refractivity contribution < 1.29 is 19.8 Å². The van der Waals surface area contributed by atoms with Gasteiger partial charge in [0.25, 0.3) is 12.9 Å². The Bertz CT molecular complexity index is 496. The molecule has 2 N–H and O–H groups in total. The van der Waals surface area contributed by atoms with Crippen LogP contribution in [0, 0.1) is 5.41 Å². The second-order valence-corrected chi connectivity index (χ2v) is 7.00. The van der Waals surface area contributed by atoms with E-state index in [2.05, 4.69) is 40.8 Å². The lowest BCUT2D eigenvalue weighted by Gasteiger charge is -2.39. The molecule has 1 unspecified atom stereocenters. The molecule has 3 rings (SSSR count). The number of carbonyl (C=O) groups is 2. The fourth-order valence-electron chi connectivity index (χ4n) is 3.61. The molecule has 0 amide bonds. The molecule has 2 heterocycles. The molecule has 0 bridgehead atoms. The smallest absolute Gasteiger partial charge is 0.290 e. The zero-order valence-corrected chi connectivity index (χ0v) is 15.0. The summed E-state index contributed by atoms with van der Waals surface area (Å²) in [4.78, 5) is 26.0. The molecule has 2 aliphatic rings. The summed E-state index contributed by atoms with van der Waals surface area (Å²) in [6.45, 7) is 9.06. The van der Waals surface area contributed by atoms with Crippen LogP contribution >= 0.6 is 0 Å². The number of hydrogen-bond donors (Lipinski definition) is 2. The Labute approximate surface area is 149 Å². The number of anilines is 1. The SMILES string of the molecule is CC1(C)CCC(N2CCN(c3ccncc3)CC2)C1.O=CO.O=CO. The lowest BCUT2D eigenvalue weighted by Crippen LogP contribution is -2.50. The maximum atomic E-state index is 8.36. The van der Waals surface area contributed by atoms with E-state index in [1.807, 2.05) is 12.4 Å². The first-order chi connectivity index (χ1) is 12.0. The van der Waals surface area contributed by atoms with Crippen molar-refractivity contribution in [3.8, 4) is 0 Å². The van der Waals surface area contributed by atoms with Crippen molar-refractivity contribution in [2.45, 2.75) is 39.2 Å². The van der Waals surface area contributed by atoms with E-state index < -0.39 is 0 Å². The van der Waals surface area contributed by atoms with Gasteiger partial charge in [0, 0.05) is 50.3 Å². The first-order valence-corrected chi connectivity index (χ1v) is 8.52. The third kappa shape index (κ3) is 7.09. The summed E-state index contributed by atoms with van der Waals surface area (Å²) in [6.07, 6.45) is 7.94. The van der Waals surface area contributed by atoms with Crippen LogP contribution in [0.25, 0.3) is 0 Å². The highest BCUT2D eigenvalue weighted by atomic mass is 16.3. The molecule has 7 nitrogen and oxygen atoms in total. The van der Waals surface area contributed by atoms with Crippen LogP contribution in [0.15, 0.2) is 24.5 Å². The summed E-state index contributed by atoms with van der Waals surface area (Å²) in [5, 5.41) is 13.8. The molecule has 25 heavy (non-hydrogen) atoms. The highest BCUT2D eigenvalue weighted by Crippen LogP contribution is 2.39. The summed E-state index contributed by atoms with van der Waals surface area (Å²) in [6, 6.07) is 5.07. The topological polar surface area (TPSA) is 94.0 Å². The highest BCUT2D eigenvalue weighted by Gasteiger charge is 2.35. The van der Waals surface area contributed by atoms with Crippen LogP contribution in [-0.2, 0) is 9.59 Å². The predicted octanol–water partition coefficient (Wildman–Crippen LogP) is 2.18. The molecule has 7 heteroatoms. The van der Waals surface area contributed by atoms with Gasteiger partial charge >= 0.3 is 0 Å². The zero-order chi connectivity index (χ0) is 18.7. The number of aromatic nitrogens is 1. The summed E-state index contributed by atoms with van der Waals surface area (Å²) in [5.41, 5.74) is 1.88. The van der Waals surface area contributed by atoms with Crippen molar-refractivity contribution >= 4 is 18.6 Å². The minimum absolute atomic E-state index is 0.250. The zero-order valence-electron chi connectivity index (χ0n) is 15.0. The van der Waals surface area contributed by atoms with Crippen LogP contribution in [0.4, 0.5) is 5.69 Å². The van der Waals surface area contributed by atoms with Gasteiger partial charge in [0.05, 0.1) is 0 Å². The summed E-state index contributed by atoms with van der Waals surface area (Å²) < 4.78 is 0. The molecule has 0 aromatic carbocycles. The van der Waals surface area contributed by atoms with Crippen LogP contribution in [0.3, 0.4) is 0 Å². The lowest BCUT2D eigenvalue weighted by atomic mass is 9.91. The van der Waals surface area contributed by atoms with E-state index in [1.165, 1.54) is 38.0 Å². The Morgan fingerprint density at radius 2 is 1.60 bits per heavy atom. The van der Waals surface area contributed by atoms with E-state index in [1.54, 1.807) is 0 Å². The average molecular weight is 351 g/mol. The average Bonchev–Trinajstić information content (AvgIpc) is 2.97. The first-order valence-electron chi connectivity index (χ1n) is 8.52. The summed E-state index contributed by atoms with van der Waals surface area (Å²) in [5.74, 6) is 0. The third-order valence-electron chi connectivity index (χ3n) is 4.80. The normalized spacial score (nSPS) is 22.0. The maximum absolute atomic E-state index is 8.36. The van der Waals surface area contributed by atoms with E-state index in [9.17, 15) is 0 Å². The largest absolute Gasteiger partial charge is 0.483 e. The Hall–Kier alpha value is -2.15. The van der Waals surface area contributed by atoms with Gasteiger partial charge in [-0.2, -0.15) is 0 Å². The van der Waals surface area contributed by atoms with Gasteiger partial charge in [-0.15, -0.1) is 0 Å². The molecular formula is C18H29N3O4. The van der Waals surface area contributed by atoms with Gasteiger partial charge in [0.15, 0.2) is 0 Å². The van der Waals surface area contributed by atoms with Crippen molar-refractivity contribution in [1.29, 1.82) is 0 Å². The van der Waals surface area contributed by atoms with Gasteiger partial charge in [0.1, 0.15) is 0 Å². The Balaban J connectivity index is 0.000000460. The van der Waals surface area contributed by atoms with Crippen LogP contribution in [0.1, 0.15) is 33.1 Å². The molecule has 1 aliphatic carbocycles. The number of carboxylic acid groups (broad SMARTS) is 2. The fourth-order valence-corrected chi connectivity index (χ4v) is 3.61. The summed E-state index contributed by atoms with van der Waals surface area (Å²) in [7, 11) is 0. The van der Waals surface area contributed by atoms with Crippen LogP contribution in [-0.4, -0.2) is 65.3 Å². The fraction of sp³-hybridized carbons (Fsp3) is 0.611. The predicted molar refractivity (Wildman–Crippen MR) is 96.8 cm³/mol. The van der Waals surface area contributed by atoms with Crippen molar-refractivity contribution in [1.82, 2.24) is 9.88 Å². The Morgan fingerprint density at radius 1 is 1.08 bits per heavy atom. The van der Waals surface area contributed by atoms with E-state index >= 15 is 0 Å².